The van der Waals surface area contributed by atoms with Crippen molar-refractivity contribution in [3.05, 3.63) is 24.3 Å². The minimum absolute atomic E-state index is 0.179. The normalized spacial score (nSPS) is 23.1. The Morgan fingerprint density at radius 3 is 2.11 bits per heavy atom. The zero-order valence-corrected chi connectivity index (χ0v) is 13.9. The van der Waals surface area contributed by atoms with E-state index in [0.717, 1.165) is 17.0 Å². The first-order valence-electron chi connectivity index (χ1n) is 8.13. The van der Waals surface area contributed by atoms with Crippen LogP contribution in [0.5, 0.6) is 5.75 Å². The van der Waals surface area contributed by atoms with Crippen molar-refractivity contribution in [3.8, 4) is 5.75 Å². The Bertz CT molecular complexity index is 683. The SMILES string of the molecule is O=C1N(c2ccc(OC(F)(F)F)cc2)CC(OC(F)(F)F)C12CCNCC2. The molecule has 2 aliphatic rings. The van der Waals surface area contributed by atoms with Gasteiger partial charge in [-0.15, -0.1) is 26.3 Å². The average molecular weight is 398 g/mol. The molecule has 1 unspecified atom stereocenters. The molecular formula is C16H16F6N2O3. The van der Waals surface area contributed by atoms with Gasteiger partial charge in [-0.05, 0) is 50.2 Å². The van der Waals surface area contributed by atoms with E-state index < -0.39 is 35.9 Å². The molecule has 1 N–H and O–H groups in total. The molecule has 1 aromatic carbocycles. The topological polar surface area (TPSA) is 50.8 Å². The zero-order valence-electron chi connectivity index (χ0n) is 13.9. The lowest BCUT2D eigenvalue weighted by molar-refractivity contribution is -0.350. The number of ether oxygens (including phenoxy) is 2. The summed E-state index contributed by atoms with van der Waals surface area (Å²) >= 11 is 0. The number of anilines is 1. The summed E-state index contributed by atoms with van der Waals surface area (Å²) in [5.74, 6) is -1.01. The molecule has 1 atom stereocenters. The molecule has 3 rings (SSSR count). The molecular weight excluding hydrogens is 382 g/mol. The lowest BCUT2D eigenvalue weighted by atomic mass is 9.75. The van der Waals surface area contributed by atoms with Gasteiger partial charge in [0.2, 0.25) is 5.91 Å². The predicted octanol–water partition coefficient (Wildman–Crippen LogP) is 3.21. The number of halogens is 6. The summed E-state index contributed by atoms with van der Waals surface area (Å²) in [5, 5.41) is 2.99. The predicted molar refractivity (Wildman–Crippen MR) is 80.9 cm³/mol. The number of benzene rings is 1. The van der Waals surface area contributed by atoms with Gasteiger partial charge in [-0.25, -0.2) is 0 Å². The summed E-state index contributed by atoms with van der Waals surface area (Å²) in [5.41, 5.74) is -1.14. The molecule has 5 nitrogen and oxygen atoms in total. The molecule has 2 saturated heterocycles. The van der Waals surface area contributed by atoms with Crippen LogP contribution in [0.4, 0.5) is 32.0 Å². The van der Waals surface area contributed by atoms with Gasteiger partial charge in [0.25, 0.3) is 0 Å². The fourth-order valence-electron chi connectivity index (χ4n) is 3.60. The first-order valence-corrected chi connectivity index (χ1v) is 8.13. The van der Waals surface area contributed by atoms with Gasteiger partial charge in [0.15, 0.2) is 0 Å². The van der Waals surface area contributed by atoms with E-state index in [1.165, 1.54) is 12.1 Å². The summed E-state index contributed by atoms with van der Waals surface area (Å²) in [6.45, 7) is 0.406. The maximum Gasteiger partial charge on any atom is 0.573 e. The van der Waals surface area contributed by atoms with Crippen LogP contribution < -0.4 is 15.0 Å². The highest BCUT2D eigenvalue weighted by atomic mass is 19.4. The smallest absolute Gasteiger partial charge is 0.406 e. The summed E-state index contributed by atoms with van der Waals surface area (Å²) in [6.07, 6.45) is -10.8. The molecule has 0 aromatic heterocycles. The van der Waals surface area contributed by atoms with Gasteiger partial charge >= 0.3 is 12.7 Å². The van der Waals surface area contributed by atoms with Gasteiger partial charge in [0.05, 0.1) is 18.1 Å². The number of nitrogens with one attached hydrogen (secondary N) is 1. The van der Waals surface area contributed by atoms with E-state index in [1.54, 1.807) is 0 Å². The summed E-state index contributed by atoms with van der Waals surface area (Å²) in [6, 6.07) is 4.40. The van der Waals surface area contributed by atoms with Crippen molar-refractivity contribution in [2.45, 2.75) is 31.7 Å². The van der Waals surface area contributed by atoms with E-state index in [1.807, 2.05) is 0 Å². The van der Waals surface area contributed by atoms with Crippen LogP contribution in [0.25, 0.3) is 0 Å². The molecule has 1 amide bonds. The van der Waals surface area contributed by atoms with Crippen molar-refractivity contribution in [3.63, 3.8) is 0 Å². The third-order valence-corrected chi connectivity index (χ3v) is 4.79. The van der Waals surface area contributed by atoms with Crippen LogP contribution in [0.2, 0.25) is 0 Å². The van der Waals surface area contributed by atoms with Crippen LogP contribution in [-0.4, -0.2) is 44.4 Å². The number of nitrogens with zero attached hydrogens (tertiary/aromatic N) is 1. The molecule has 27 heavy (non-hydrogen) atoms. The van der Waals surface area contributed by atoms with Gasteiger partial charge < -0.3 is 15.0 Å². The second-order valence-electron chi connectivity index (χ2n) is 6.42. The number of rotatable bonds is 3. The second kappa shape index (κ2) is 6.86. The molecule has 2 fully saturated rings. The van der Waals surface area contributed by atoms with Crippen LogP contribution in [0, 0.1) is 5.41 Å². The highest BCUT2D eigenvalue weighted by Crippen LogP contribution is 2.45. The monoisotopic (exact) mass is 398 g/mol. The molecule has 0 aliphatic carbocycles. The maximum absolute atomic E-state index is 12.9. The number of alkyl halides is 6. The van der Waals surface area contributed by atoms with Gasteiger partial charge in [-0.1, -0.05) is 0 Å². The first kappa shape index (κ1) is 19.7. The maximum atomic E-state index is 12.9. The van der Waals surface area contributed by atoms with Crippen molar-refractivity contribution in [2.75, 3.05) is 24.5 Å². The van der Waals surface area contributed by atoms with Crippen molar-refractivity contribution < 1.29 is 40.6 Å². The second-order valence-corrected chi connectivity index (χ2v) is 6.42. The standard InChI is InChI=1S/C16H16F6N2O3/c17-15(18,19)26-11-3-1-10(2-4-11)24-9-12(27-16(20,21)22)14(13(24)25)5-7-23-8-6-14/h1-4,12,23H,5-9H2. The summed E-state index contributed by atoms with van der Waals surface area (Å²) < 4.78 is 83.2. The molecule has 0 bridgehead atoms. The number of amides is 1. The van der Waals surface area contributed by atoms with E-state index >= 15 is 0 Å². The summed E-state index contributed by atoms with van der Waals surface area (Å²) in [4.78, 5) is 14.1. The van der Waals surface area contributed by atoms with Gasteiger partial charge in [-0.2, -0.15) is 0 Å². The molecule has 2 aliphatic heterocycles. The van der Waals surface area contributed by atoms with Crippen LogP contribution in [-0.2, 0) is 9.53 Å². The fraction of sp³-hybridized carbons (Fsp3) is 0.562. The number of hydrogen-bond acceptors (Lipinski definition) is 4. The molecule has 11 heteroatoms. The van der Waals surface area contributed by atoms with Crippen LogP contribution >= 0.6 is 0 Å². The number of carbonyl (C=O) groups excluding carboxylic acids is 1. The Balaban J connectivity index is 1.85. The molecule has 0 radical (unpaired) electrons. The lowest BCUT2D eigenvalue weighted by Gasteiger charge is -2.36. The summed E-state index contributed by atoms with van der Waals surface area (Å²) in [7, 11) is 0. The molecule has 0 saturated carbocycles. The molecule has 1 spiro atoms. The van der Waals surface area contributed by atoms with Crippen LogP contribution in [0.15, 0.2) is 24.3 Å². The molecule has 150 valence electrons. The Morgan fingerprint density at radius 1 is 1.00 bits per heavy atom. The Labute approximate surface area is 150 Å². The van der Waals surface area contributed by atoms with Gasteiger partial charge in [-0.3, -0.25) is 9.53 Å². The Hall–Kier alpha value is -2.01. The number of hydrogen-bond donors (Lipinski definition) is 1. The Kier molecular flexibility index (Phi) is 5.02. The van der Waals surface area contributed by atoms with E-state index in [2.05, 4.69) is 14.8 Å². The minimum Gasteiger partial charge on any atom is -0.406 e. The van der Waals surface area contributed by atoms with E-state index in [9.17, 15) is 31.1 Å². The van der Waals surface area contributed by atoms with Gasteiger partial charge in [0.1, 0.15) is 5.75 Å². The number of piperidine rings is 1. The zero-order chi connectivity index (χ0) is 19.9. The molecule has 1 aromatic rings. The molecule has 2 heterocycles. The van der Waals surface area contributed by atoms with E-state index in [0.29, 0.717) is 13.1 Å². The Morgan fingerprint density at radius 2 is 1.59 bits per heavy atom. The van der Waals surface area contributed by atoms with Crippen LogP contribution in [0.1, 0.15) is 12.8 Å². The van der Waals surface area contributed by atoms with Crippen molar-refractivity contribution in [1.29, 1.82) is 0 Å². The van der Waals surface area contributed by atoms with Crippen molar-refractivity contribution >= 4 is 11.6 Å². The fourth-order valence-corrected chi connectivity index (χ4v) is 3.60. The lowest BCUT2D eigenvalue weighted by Crippen LogP contribution is -2.49. The van der Waals surface area contributed by atoms with Crippen molar-refractivity contribution in [1.82, 2.24) is 5.32 Å². The average Bonchev–Trinajstić information content (AvgIpc) is 2.79. The van der Waals surface area contributed by atoms with Crippen molar-refractivity contribution in [2.24, 2.45) is 5.41 Å². The third kappa shape index (κ3) is 4.29. The highest BCUT2D eigenvalue weighted by molar-refractivity contribution is 6.01. The third-order valence-electron chi connectivity index (χ3n) is 4.79. The highest BCUT2D eigenvalue weighted by Gasteiger charge is 2.58. The number of carbonyl (C=O) groups is 1. The first-order chi connectivity index (χ1) is 12.5. The van der Waals surface area contributed by atoms with Gasteiger partial charge in [0, 0.05) is 5.69 Å². The quantitative estimate of drug-likeness (QED) is 0.795. The van der Waals surface area contributed by atoms with E-state index in [4.69, 9.17) is 0 Å². The minimum atomic E-state index is -4.90. The van der Waals surface area contributed by atoms with E-state index in [-0.39, 0.29) is 25.1 Å². The largest absolute Gasteiger partial charge is 0.573 e. The van der Waals surface area contributed by atoms with Crippen LogP contribution in [0.3, 0.4) is 0 Å².